The van der Waals surface area contributed by atoms with Gasteiger partial charge >= 0.3 is 0 Å². The van der Waals surface area contributed by atoms with Crippen LogP contribution in [0.3, 0.4) is 0 Å². The van der Waals surface area contributed by atoms with Crippen LogP contribution in [-0.2, 0) is 0 Å². The molecule has 0 radical (unpaired) electrons. The van der Waals surface area contributed by atoms with E-state index in [1.807, 2.05) is 36.4 Å². The summed E-state index contributed by atoms with van der Waals surface area (Å²) in [5, 5.41) is 8.05. The van der Waals surface area contributed by atoms with Crippen LogP contribution in [0.4, 0.5) is 0 Å². The van der Waals surface area contributed by atoms with Crippen molar-refractivity contribution >= 4 is 93.1 Å². The Morgan fingerprint density at radius 1 is 0.490 bits per heavy atom. The molecule has 0 aliphatic rings. The molecule has 49 heavy (non-hydrogen) atoms. The third-order valence-corrected chi connectivity index (χ3v) is 10.4. The lowest BCUT2D eigenvalue weighted by Crippen LogP contribution is -1.95. The highest BCUT2D eigenvalue weighted by Gasteiger charge is 2.26. The van der Waals surface area contributed by atoms with E-state index in [1.165, 1.54) is 43.7 Å². The number of rotatable bonds is 2. The van der Waals surface area contributed by atoms with Crippen molar-refractivity contribution in [1.29, 1.82) is 0 Å². The molecule has 5 heteroatoms. The SMILES string of the molecule is c1ccc(-n2c3ccccc3c3cccc(-c4ccc5c(c4)c4cc6c7ccccc7oc6c6c7nc8ccccc8nc7n5c46)c32)cc1. The number of para-hydroxylation sites is 6. The maximum atomic E-state index is 6.62. The molecule has 0 N–H and O–H groups in total. The van der Waals surface area contributed by atoms with Crippen LogP contribution in [0.2, 0.25) is 0 Å². The topological polar surface area (TPSA) is 48.3 Å². The largest absolute Gasteiger partial charge is 0.455 e. The maximum Gasteiger partial charge on any atom is 0.165 e. The Bertz CT molecular complexity index is 3330. The number of aromatic nitrogens is 4. The number of nitrogens with zero attached hydrogens (tertiary/aromatic N) is 4. The molecule has 5 heterocycles. The highest BCUT2D eigenvalue weighted by Crippen LogP contribution is 2.46. The predicted molar refractivity (Wildman–Crippen MR) is 201 cm³/mol. The first-order valence-corrected chi connectivity index (χ1v) is 16.6. The van der Waals surface area contributed by atoms with Crippen molar-refractivity contribution in [3.63, 3.8) is 0 Å². The van der Waals surface area contributed by atoms with Gasteiger partial charge in [0.25, 0.3) is 0 Å². The molecule has 0 fully saturated rings. The first-order valence-electron chi connectivity index (χ1n) is 16.6. The number of fused-ring (bicyclic) bond motifs is 14. The lowest BCUT2D eigenvalue weighted by atomic mass is 9.99. The Balaban J connectivity index is 1.24. The zero-order valence-electron chi connectivity index (χ0n) is 26.1. The molecule has 12 rings (SSSR count). The van der Waals surface area contributed by atoms with E-state index in [4.69, 9.17) is 14.4 Å². The zero-order chi connectivity index (χ0) is 31.8. The van der Waals surface area contributed by atoms with E-state index >= 15 is 0 Å². The van der Waals surface area contributed by atoms with E-state index in [0.29, 0.717) is 0 Å². The quantitative estimate of drug-likeness (QED) is 0.192. The molecule has 5 aromatic heterocycles. The lowest BCUT2D eigenvalue weighted by molar-refractivity contribution is 0.673. The van der Waals surface area contributed by atoms with Crippen molar-refractivity contribution in [3.8, 4) is 16.8 Å². The second-order valence-corrected chi connectivity index (χ2v) is 13.0. The van der Waals surface area contributed by atoms with Crippen LogP contribution < -0.4 is 0 Å². The van der Waals surface area contributed by atoms with Gasteiger partial charge in [0.15, 0.2) is 5.65 Å². The van der Waals surface area contributed by atoms with E-state index in [9.17, 15) is 0 Å². The number of benzene rings is 7. The summed E-state index contributed by atoms with van der Waals surface area (Å²) in [4.78, 5) is 10.4. The first kappa shape index (κ1) is 25.4. The average molecular weight is 625 g/mol. The van der Waals surface area contributed by atoms with E-state index < -0.39 is 0 Å². The van der Waals surface area contributed by atoms with Crippen LogP contribution in [-0.4, -0.2) is 18.9 Å². The third kappa shape index (κ3) is 3.19. The van der Waals surface area contributed by atoms with Gasteiger partial charge in [0.1, 0.15) is 16.7 Å². The molecule has 0 saturated carbocycles. The number of furan rings is 1. The second kappa shape index (κ2) is 9.00. The fraction of sp³-hybridized carbons (Fsp3) is 0. The molecule has 12 aromatic rings. The summed E-state index contributed by atoms with van der Waals surface area (Å²) in [5.74, 6) is 0. The Kier molecular flexibility index (Phi) is 4.66. The van der Waals surface area contributed by atoms with Crippen LogP contribution in [0.25, 0.3) is 110 Å². The van der Waals surface area contributed by atoms with Crippen LogP contribution in [0.1, 0.15) is 0 Å². The third-order valence-electron chi connectivity index (χ3n) is 10.4. The Hall–Kier alpha value is -6.72. The molecular formula is C44H24N4O. The summed E-state index contributed by atoms with van der Waals surface area (Å²) >= 11 is 0. The van der Waals surface area contributed by atoms with Crippen LogP contribution >= 0.6 is 0 Å². The zero-order valence-corrected chi connectivity index (χ0v) is 26.1. The summed E-state index contributed by atoms with van der Waals surface area (Å²) in [6.07, 6.45) is 0. The fourth-order valence-corrected chi connectivity index (χ4v) is 8.37. The Morgan fingerprint density at radius 3 is 2.14 bits per heavy atom. The Morgan fingerprint density at radius 2 is 1.24 bits per heavy atom. The molecule has 0 unspecified atom stereocenters. The van der Waals surface area contributed by atoms with Gasteiger partial charge in [-0.15, -0.1) is 0 Å². The van der Waals surface area contributed by atoms with Crippen LogP contribution in [0, 0.1) is 0 Å². The molecule has 0 saturated heterocycles. The monoisotopic (exact) mass is 624 g/mol. The Labute approximate surface area is 278 Å². The van der Waals surface area contributed by atoms with Gasteiger partial charge in [-0.05, 0) is 60.2 Å². The van der Waals surface area contributed by atoms with E-state index in [-0.39, 0.29) is 0 Å². The van der Waals surface area contributed by atoms with Crippen LogP contribution in [0.5, 0.6) is 0 Å². The fourth-order valence-electron chi connectivity index (χ4n) is 8.37. The lowest BCUT2D eigenvalue weighted by Gasteiger charge is -2.12. The van der Waals surface area contributed by atoms with Gasteiger partial charge in [0.2, 0.25) is 0 Å². The minimum atomic E-state index is 0.848. The van der Waals surface area contributed by atoms with Gasteiger partial charge in [0.05, 0.1) is 38.5 Å². The van der Waals surface area contributed by atoms with E-state index in [2.05, 4.69) is 118 Å². The summed E-state index contributed by atoms with van der Waals surface area (Å²) in [6, 6.07) is 51.7. The standard InChI is InChI=1S/C44H24N4O/c1-2-11-26(12-3-1)47-36-19-8-4-13-28(36)30-16-10-15-27(41(30)47)25-21-22-37-31(23-25)32-24-33-29-14-5-9-20-38(29)49-43(33)39-40-44(48(37)42(32)39)46-35-18-7-6-17-34(35)45-40/h1-24H. The maximum absolute atomic E-state index is 6.62. The van der Waals surface area contributed by atoms with Crippen molar-refractivity contribution in [3.05, 3.63) is 146 Å². The minimum absolute atomic E-state index is 0.848. The summed E-state index contributed by atoms with van der Waals surface area (Å²) in [7, 11) is 0. The van der Waals surface area contributed by atoms with Gasteiger partial charge < -0.3 is 8.98 Å². The summed E-state index contributed by atoms with van der Waals surface area (Å²) < 4.78 is 11.3. The van der Waals surface area contributed by atoms with Gasteiger partial charge in [-0.1, -0.05) is 91.0 Å². The van der Waals surface area contributed by atoms with E-state index in [1.54, 1.807) is 0 Å². The van der Waals surface area contributed by atoms with Crippen molar-refractivity contribution < 1.29 is 4.42 Å². The molecule has 5 nitrogen and oxygen atoms in total. The average Bonchev–Trinajstić information content (AvgIpc) is 3.89. The van der Waals surface area contributed by atoms with Gasteiger partial charge in [-0.25, -0.2) is 9.97 Å². The predicted octanol–water partition coefficient (Wildman–Crippen LogP) is 11.4. The van der Waals surface area contributed by atoms with Gasteiger partial charge in [0, 0.05) is 43.6 Å². The highest BCUT2D eigenvalue weighted by atomic mass is 16.3. The molecule has 0 aliphatic carbocycles. The molecule has 0 spiro atoms. The minimum Gasteiger partial charge on any atom is -0.455 e. The van der Waals surface area contributed by atoms with E-state index in [0.717, 1.165) is 66.2 Å². The smallest absolute Gasteiger partial charge is 0.165 e. The van der Waals surface area contributed by atoms with Crippen LogP contribution in [0.15, 0.2) is 150 Å². The molecule has 0 atom stereocenters. The van der Waals surface area contributed by atoms with Crippen molar-refractivity contribution in [2.45, 2.75) is 0 Å². The summed E-state index contributed by atoms with van der Waals surface area (Å²) in [6.45, 7) is 0. The highest BCUT2D eigenvalue weighted by molar-refractivity contribution is 6.32. The van der Waals surface area contributed by atoms with Crippen molar-refractivity contribution in [2.75, 3.05) is 0 Å². The molecule has 0 aliphatic heterocycles. The molecule has 0 bridgehead atoms. The molecular weight excluding hydrogens is 601 g/mol. The van der Waals surface area contributed by atoms with Crippen molar-refractivity contribution in [2.24, 2.45) is 0 Å². The molecule has 7 aromatic carbocycles. The van der Waals surface area contributed by atoms with Crippen molar-refractivity contribution in [1.82, 2.24) is 18.9 Å². The normalized spacial score (nSPS) is 12.5. The number of hydrogen-bond acceptors (Lipinski definition) is 3. The summed E-state index contributed by atoms with van der Waals surface area (Å²) in [5.41, 5.74) is 13.3. The van der Waals surface area contributed by atoms with Gasteiger partial charge in [-0.2, -0.15) is 0 Å². The first-order chi connectivity index (χ1) is 24.3. The molecule has 0 amide bonds. The molecule has 226 valence electrons. The van der Waals surface area contributed by atoms with Gasteiger partial charge in [-0.3, -0.25) is 4.40 Å². The second-order valence-electron chi connectivity index (χ2n) is 13.0. The number of hydrogen-bond donors (Lipinski definition) is 0.